The van der Waals surface area contributed by atoms with Crippen LogP contribution in [0, 0.1) is 0 Å². The fourth-order valence-corrected chi connectivity index (χ4v) is 2.05. The monoisotopic (exact) mass is 283 g/mol. The fraction of sp³-hybridized carbons (Fsp3) is 0.294. The van der Waals surface area contributed by atoms with Crippen LogP contribution in [0.4, 0.5) is 10.5 Å². The maximum atomic E-state index is 12.0. The Kier molecular flexibility index (Phi) is 4.93. The van der Waals surface area contributed by atoms with Gasteiger partial charge in [0.15, 0.2) is 0 Å². The Morgan fingerprint density at radius 2 is 1.57 bits per heavy atom. The number of nitrogens with zero attached hydrogens (tertiary/aromatic N) is 1. The molecule has 1 aromatic carbocycles. The van der Waals surface area contributed by atoms with Gasteiger partial charge in [0.25, 0.3) is 0 Å². The number of hydrogen-bond donors (Lipinski definition) is 2. The molecule has 110 valence electrons. The number of hydrogen-bond acceptors (Lipinski definition) is 2. The summed E-state index contributed by atoms with van der Waals surface area (Å²) in [6.45, 7) is 6.23. The highest BCUT2D eigenvalue weighted by molar-refractivity contribution is 5.89. The molecule has 0 bridgehead atoms. The minimum atomic E-state index is -0.211. The summed E-state index contributed by atoms with van der Waals surface area (Å²) in [5.41, 5.74) is 3.07. The molecule has 0 aliphatic carbocycles. The van der Waals surface area contributed by atoms with Gasteiger partial charge in [-0.2, -0.15) is 0 Å². The molecule has 1 heterocycles. The lowest BCUT2D eigenvalue weighted by molar-refractivity contribution is 0.249. The van der Waals surface area contributed by atoms with E-state index in [1.165, 1.54) is 5.56 Å². The van der Waals surface area contributed by atoms with Gasteiger partial charge in [-0.25, -0.2) is 4.79 Å². The van der Waals surface area contributed by atoms with E-state index in [0.29, 0.717) is 5.92 Å². The molecule has 0 saturated heterocycles. The average Bonchev–Trinajstić information content (AvgIpc) is 2.48. The van der Waals surface area contributed by atoms with Crippen LogP contribution in [0.2, 0.25) is 0 Å². The molecule has 0 radical (unpaired) electrons. The zero-order valence-corrected chi connectivity index (χ0v) is 12.6. The Labute approximate surface area is 125 Å². The maximum Gasteiger partial charge on any atom is 0.319 e. The summed E-state index contributed by atoms with van der Waals surface area (Å²) in [5.74, 6) is 0.486. The molecule has 2 aromatic rings. The lowest BCUT2D eigenvalue weighted by Gasteiger charge is -2.15. The standard InChI is InChI=1S/C17H21N3O/c1-12(2)14-4-6-16(7-5-14)20-17(21)19-13(3)15-8-10-18-11-9-15/h4-13H,1-3H3,(H2,19,20,21). The summed E-state index contributed by atoms with van der Waals surface area (Å²) >= 11 is 0. The maximum absolute atomic E-state index is 12.0. The van der Waals surface area contributed by atoms with Crippen molar-refractivity contribution in [2.75, 3.05) is 5.32 Å². The SMILES string of the molecule is CC(C)c1ccc(NC(=O)NC(C)c2ccncc2)cc1. The van der Waals surface area contributed by atoms with Crippen LogP contribution in [0.25, 0.3) is 0 Å². The zero-order valence-electron chi connectivity index (χ0n) is 12.6. The lowest BCUT2D eigenvalue weighted by atomic mass is 10.0. The Morgan fingerprint density at radius 3 is 2.14 bits per heavy atom. The molecule has 1 atom stereocenters. The van der Waals surface area contributed by atoms with Crippen LogP contribution in [0.3, 0.4) is 0 Å². The van der Waals surface area contributed by atoms with Crippen molar-refractivity contribution in [1.82, 2.24) is 10.3 Å². The number of nitrogens with one attached hydrogen (secondary N) is 2. The zero-order chi connectivity index (χ0) is 15.2. The minimum absolute atomic E-state index is 0.0667. The van der Waals surface area contributed by atoms with Crippen LogP contribution >= 0.6 is 0 Å². The summed E-state index contributed by atoms with van der Waals surface area (Å²) in [7, 11) is 0. The molecule has 4 heteroatoms. The van der Waals surface area contributed by atoms with Crippen molar-refractivity contribution in [2.45, 2.75) is 32.7 Å². The number of amides is 2. The van der Waals surface area contributed by atoms with Gasteiger partial charge in [-0.15, -0.1) is 0 Å². The van der Waals surface area contributed by atoms with Crippen LogP contribution in [0.15, 0.2) is 48.8 Å². The van der Waals surface area contributed by atoms with E-state index < -0.39 is 0 Å². The Balaban J connectivity index is 1.92. The van der Waals surface area contributed by atoms with Gasteiger partial charge in [0.2, 0.25) is 0 Å². The van der Waals surface area contributed by atoms with Crippen molar-refractivity contribution in [3.63, 3.8) is 0 Å². The minimum Gasteiger partial charge on any atom is -0.331 e. The van der Waals surface area contributed by atoms with Gasteiger partial charge in [0.1, 0.15) is 0 Å². The predicted molar refractivity (Wildman–Crippen MR) is 85.3 cm³/mol. The Hall–Kier alpha value is -2.36. The van der Waals surface area contributed by atoms with Gasteiger partial charge in [0.05, 0.1) is 6.04 Å². The van der Waals surface area contributed by atoms with Crippen molar-refractivity contribution in [3.8, 4) is 0 Å². The first-order valence-electron chi connectivity index (χ1n) is 7.13. The highest BCUT2D eigenvalue weighted by atomic mass is 16.2. The van der Waals surface area contributed by atoms with Crippen molar-refractivity contribution in [3.05, 3.63) is 59.9 Å². The number of urea groups is 1. The van der Waals surface area contributed by atoms with Gasteiger partial charge >= 0.3 is 6.03 Å². The molecule has 21 heavy (non-hydrogen) atoms. The van der Waals surface area contributed by atoms with Gasteiger partial charge in [-0.05, 0) is 48.2 Å². The van der Waals surface area contributed by atoms with Gasteiger partial charge < -0.3 is 10.6 Å². The lowest BCUT2D eigenvalue weighted by Crippen LogP contribution is -2.31. The molecule has 4 nitrogen and oxygen atoms in total. The van der Waals surface area contributed by atoms with Crippen LogP contribution in [0.1, 0.15) is 43.9 Å². The fourth-order valence-electron chi connectivity index (χ4n) is 2.05. The van der Waals surface area contributed by atoms with Gasteiger partial charge in [0, 0.05) is 18.1 Å². The summed E-state index contributed by atoms with van der Waals surface area (Å²) in [6, 6.07) is 11.4. The number of anilines is 1. The van der Waals surface area contributed by atoms with E-state index in [0.717, 1.165) is 11.3 Å². The van der Waals surface area contributed by atoms with E-state index in [1.807, 2.05) is 43.3 Å². The normalized spacial score (nSPS) is 12.0. The van der Waals surface area contributed by atoms with E-state index in [-0.39, 0.29) is 12.1 Å². The van der Waals surface area contributed by atoms with E-state index in [1.54, 1.807) is 12.4 Å². The molecule has 0 aliphatic heterocycles. The molecule has 2 rings (SSSR count). The van der Waals surface area contributed by atoms with E-state index >= 15 is 0 Å². The molecular weight excluding hydrogens is 262 g/mol. The molecule has 0 fully saturated rings. The van der Waals surface area contributed by atoms with E-state index in [2.05, 4.69) is 29.5 Å². The molecule has 1 unspecified atom stereocenters. The Bertz CT molecular complexity index is 579. The second-order valence-electron chi connectivity index (χ2n) is 5.38. The average molecular weight is 283 g/mol. The molecule has 0 aliphatic rings. The first kappa shape index (κ1) is 15.0. The smallest absolute Gasteiger partial charge is 0.319 e. The van der Waals surface area contributed by atoms with Crippen LogP contribution < -0.4 is 10.6 Å². The molecule has 2 N–H and O–H groups in total. The third kappa shape index (κ3) is 4.31. The third-order valence-electron chi connectivity index (χ3n) is 3.39. The Morgan fingerprint density at radius 1 is 0.952 bits per heavy atom. The number of pyridine rings is 1. The molecule has 2 amide bonds. The van der Waals surface area contributed by atoms with Crippen molar-refractivity contribution < 1.29 is 4.79 Å². The van der Waals surface area contributed by atoms with Crippen molar-refractivity contribution >= 4 is 11.7 Å². The first-order valence-corrected chi connectivity index (χ1v) is 7.13. The summed E-state index contributed by atoms with van der Waals surface area (Å²) < 4.78 is 0. The molecule has 1 aromatic heterocycles. The highest BCUT2D eigenvalue weighted by Crippen LogP contribution is 2.17. The van der Waals surface area contributed by atoms with Crippen LogP contribution in [-0.4, -0.2) is 11.0 Å². The van der Waals surface area contributed by atoms with Gasteiger partial charge in [-0.1, -0.05) is 26.0 Å². The topological polar surface area (TPSA) is 54.0 Å². The number of carbonyl (C=O) groups is 1. The number of benzene rings is 1. The predicted octanol–water partition coefficient (Wildman–Crippen LogP) is 4.09. The van der Waals surface area contributed by atoms with Crippen LogP contribution in [-0.2, 0) is 0 Å². The van der Waals surface area contributed by atoms with E-state index in [9.17, 15) is 4.79 Å². The molecule has 0 spiro atoms. The summed E-state index contributed by atoms with van der Waals surface area (Å²) in [4.78, 5) is 15.9. The van der Waals surface area contributed by atoms with E-state index in [4.69, 9.17) is 0 Å². The highest BCUT2D eigenvalue weighted by Gasteiger charge is 2.09. The first-order chi connectivity index (χ1) is 10.1. The quantitative estimate of drug-likeness (QED) is 0.888. The van der Waals surface area contributed by atoms with Gasteiger partial charge in [-0.3, -0.25) is 4.98 Å². The number of aromatic nitrogens is 1. The number of rotatable bonds is 4. The molecule has 0 saturated carbocycles. The third-order valence-corrected chi connectivity index (χ3v) is 3.39. The number of carbonyl (C=O) groups excluding carboxylic acids is 1. The van der Waals surface area contributed by atoms with Crippen molar-refractivity contribution in [1.29, 1.82) is 0 Å². The summed E-state index contributed by atoms with van der Waals surface area (Å²) in [6.07, 6.45) is 3.44. The second-order valence-corrected chi connectivity index (χ2v) is 5.38. The summed E-state index contributed by atoms with van der Waals surface area (Å²) in [5, 5.41) is 5.75. The van der Waals surface area contributed by atoms with Crippen molar-refractivity contribution in [2.24, 2.45) is 0 Å². The van der Waals surface area contributed by atoms with Crippen LogP contribution in [0.5, 0.6) is 0 Å². The second kappa shape index (κ2) is 6.88. The molecular formula is C17H21N3O. The largest absolute Gasteiger partial charge is 0.331 e.